The van der Waals surface area contributed by atoms with Gasteiger partial charge in [0, 0.05) is 14.1 Å². The minimum atomic E-state index is 0.411. The summed E-state index contributed by atoms with van der Waals surface area (Å²) in [6.45, 7) is 0. The predicted molar refractivity (Wildman–Crippen MR) is 91.3 cm³/mol. The predicted octanol–water partition coefficient (Wildman–Crippen LogP) is 5.01. The smallest absolute Gasteiger partial charge is 0.0331 e. The van der Waals surface area contributed by atoms with Crippen LogP contribution in [0.15, 0.2) is 39.5 Å². The third-order valence-corrected chi connectivity index (χ3v) is 5.19. The molecule has 1 atom stereocenters. The van der Waals surface area contributed by atoms with Crippen molar-refractivity contribution in [1.29, 1.82) is 0 Å². The fourth-order valence-corrected chi connectivity index (χ4v) is 3.78. The highest BCUT2D eigenvalue weighted by atomic mass is 127. The topological polar surface area (TPSA) is 12.0 Å². The van der Waals surface area contributed by atoms with E-state index in [1.54, 1.807) is 11.3 Å². The van der Waals surface area contributed by atoms with Gasteiger partial charge < -0.3 is 5.32 Å². The van der Waals surface area contributed by atoms with Crippen molar-refractivity contribution in [2.24, 2.45) is 0 Å². The third kappa shape index (κ3) is 3.79. The van der Waals surface area contributed by atoms with E-state index in [4.69, 9.17) is 0 Å². The largest absolute Gasteiger partial charge is 0.313 e. The Morgan fingerprint density at radius 2 is 2.22 bits per heavy atom. The monoisotopic (exact) mass is 435 g/mol. The standard InChI is InChI=1S/C14H15BrINS/c1-17-14(5-2-10-6-7-18-9-10)12-8-11(15)3-4-13(12)16/h3-4,6-9,14,17H,2,5H2,1H3. The maximum Gasteiger partial charge on any atom is 0.0331 e. The Bertz CT molecular complexity index is 499. The second kappa shape index (κ2) is 7.03. The maximum absolute atomic E-state index is 3.55. The molecule has 0 radical (unpaired) electrons. The maximum atomic E-state index is 3.55. The summed E-state index contributed by atoms with van der Waals surface area (Å²) < 4.78 is 2.47. The first-order valence-electron chi connectivity index (χ1n) is 5.84. The van der Waals surface area contributed by atoms with E-state index in [0.717, 1.165) is 17.3 Å². The van der Waals surface area contributed by atoms with Crippen LogP contribution in [0.2, 0.25) is 0 Å². The van der Waals surface area contributed by atoms with Crippen molar-refractivity contribution in [2.75, 3.05) is 7.05 Å². The van der Waals surface area contributed by atoms with Crippen molar-refractivity contribution in [3.63, 3.8) is 0 Å². The molecule has 2 aromatic rings. The molecular formula is C14H15BrINS. The summed E-state index contributed by atoms with van der Waals surface area (Å²) in [6.07, 6.45) is 2.25. The van der Waals surface area contributed by atoms with E-state index in [2.05, 4.69) is 78.9 Å². The van der Waals surface area contributed by atoms with Gasteiger partial charge >= 0.3 is 0 Å². The van der Waals surface area contributed by atoms with Crippen molar-refractivity contribution in [2.45, 2.75) is 18.9 Å². The van der Waals surface area contributed by atoms with E-state index in [-0.39, 0.29) is 0 Å². The van der Waals surface area contributed by atoms with E-state index in [1.165, 1.54) is 14.7 Å². The van der Waals surface area contributed by atoms with Crippen molar-refractivity contribution >= 4 is 49.9 Å². The molecule has 96 valence electrons. The molecular weight excluding hydrogens is 421 g/mol. The summed E-state index contributed by atoms with van der Waals surface area (Å²) in [5.41, 5.74) is 2.81. The lowest BCUT2D eigenvalue weighted by Gasteiger charge is -2.18. The fourth-order valence-electron chi connectivity index (χ4n) is 1.98. The van der Waals surface area contributed by atoms with Crippen molar-refractivity contribution in [3.05, 3.63) is 54.2 Å². The molecule has 0 saturated carbocycles. The Balaban J connectivity index is 2.10. The van der Waals surface area contributed by atoms with Crippen LogP contribution in [0.4, 0.5) is 0 Å². The Morgan fingerprint density at radius 3 is 2.89 bits per heavy atom. The molecule has 1 nitrogen and oxygen atoms in total. The molecule has 0 spiro atoms. The van der Waals surface area contributed by atoms with Gasteiger partial charge in [0.05, 0.1) is 0 Å². The molecule has 1 N–H and O–H groups in total. The Kier molecular flexibility index (Phi) is 5.66. The average molecular weight is 436 g/mol. The third-order valence-electron chi connectivity index (χ3n) is 2.98. The number of hydrogen-bond acceptors (Lipinski definition) is 2. The first-order chi connectivity index (χ1) is 8.70. The van der Waals surface area contributed by atoms with Gasteiger partial charge in [0.2, 0.25) is 0 Å². The van der Waals surface area contributed by atoms with Gasteiger partial charge in [-0.05, 0) is 88.6 Å². The SMILES string of the molecule is CNC(CCc1ccsc1)c1cc(Br)ccc1I. The first kappa shape index (κ1) is 14.5. The van der Waals surface area contributed by atoms with Gasteiger partial charge in [0.25, 0.3) is 0 Å². The summed E-state index contributed by atoms with van der Waals surface area (Å²) in [7, 11) is 2.04. The zero-order valence-corrected chi connectivity index (χ0v) is 14.7. The zero-order chi connectivity index (χ0) is 13.0. The quantitative estimate of drug-likeness (QED) is 0.651. The number of nitrogens with one attached hydrogen (secondary N) is 1. The molecule has 1 aromatic carbocycles. The normalized spacial score (nSPS) is 12.6. The van der Waals surface area contributed by atoms with Crippen LogP contribution in [0, 0.1) is 3.57 Å². The van der Waals surface area contributed by atoms with Gasteiger partial charge in [0.15, 0.2) is 0 Å². The molecule has 4 heteroatoms. The van der Waals surface area contributed by atoms with Crippen LogP contribution in [-0.2, 0) is 6.42 Å². The summed E-state index contributed by atoms with van der Waals surface area (Å²) in [5, 5.41) is 7.81. The van der Waals surface area contributed by atoms with Gasteiger partial charge in [-0.15, -0.1) is 0 Å². The number of hydrogen-bond donors (Lipinski definition) is 1. The van der Waals surface area contributed by atoms with Crippen molar-refractivity contribution in [1.82, 2.24) is 5.32 Å². The number of rotatable bonds is 5. The number of aryl methyl sites for hydroxylation is 1. The minimum Gasteiger partial charge on any atom is -0.313 e. The molecule has 0 fully saturated rings. The highest BCUT2D eigenvalue weighted by Gasteiger charge is 2.13. The van der Waals surface area contributed by atoms with Crippen LogP contribution < -0.4 is 5.32 Å². The summed E-state index contributed by atoms with van der Waals surface area (Å²) >= 11 is 7.74. The molecule has 0 amide bonds. The van der Waals surface area contributed by atoms with Crippen LogP contribution in [0.1, 0.15) is 23.6 Å². The number of halogens is 2. The van der Waals surface area contributed by atoms with Crippen LogP contribution in [-0.4, -0.2) is 7.05 Å². The first-order valence-corrected chi connectivity index (χ1v) is 8.65. The lowest BCUT2D eigenvalue weighted by Crippen LogP contribution is -2.18. The molecule has 0 aliphatic heterocycles. The average Bonchev–Trinajstić information content (AvgIpc) is 2.87. The molecule has 0 aliphatic rings. The molecule has 18 heavy (non-hydrogen) atoms. The second-order valence-corrected chi connectivity index (χ2v) is 7.04. The minimum absolute atomic E-state index is 0.411. The van der Waals surface area contributed by atoms with E-state index in [1.807, 2.05) is 7.05 Å². The highest BCUT2D eigenvalue weighted by Crippen LogP contribution is 2.27. The highest BCUT2D eigenvalue weighted by molar-refractivity contribution is 14.1. The van der Waals surface area contributed by atoms with Crippen LogP contribution in [0.5, 0.6) is 0 Å². The molecule has 1 heterocycles. The van der Waals surface area contributed by atoms with Gasteiger partial charge in [-0.2, -0.15) is 11.3 Å². The summed E-state index contributed by atoms with van der Waals surface area (Å²) in [6, 6.07) is 9.10. The van der Waals surface area contributed by atoms with Crippen molar-refractivity contribution < 1.29 is 0 Å². The van der Waals surface area contributed by atoms with Crippen LogP contribution in [0.25, 0.3) is 0 Å². The molecule has 1 aromatic heterocycles. The number of benzene rings is 1. The van der Waals surface area contributed by atoms with Gasteiger partial charge in [-0.3, -0.25) is 0 Å². The van der Waals surface area contributed by atoms with Crippen LogP contribution >= 0.6 is 49.9 Å². The van der Waals surface area contributed by atoms with Crippen LogP contribution in [0.3, 0.4) is 0 Å². The second-order valence-electron chi connectivity index (χ2n) is 4.18. The van der Waals surface area contributed by atoms with E-state index in [9.17, 15) is 0 Å². The Hall–Kier alpha value is 0.0900. The fraction of sp³-hybridized carbons (Fsp3) is 0.286. The van der Waals surface area contributed by atoms with Gasteiger partial charge in [-0.25, -0.2) is 0 Å². The number of thiophene rings is 1. The van der Waals surface area contributed by atoms with E-state index < -0.39 is 0 Å². The molecule has 0 aliphatic carbocycles. The van der Waals surface area contributed by atoms with Crippen molar-refractivity contribution in [3.8, 4) is 0 Å². The molecule has 0 saturated heterocycles. The summed E-state index contributed by atoms with van der Waals surface area (Å²) in [5.74, 6) is 0. The van der Waals surface area contributed by atoms with E-state index in [0.29, 0.717) is 6.04 Å². The Labute approximate surface area is 134 Å². The van der Waals surface area contributed by atoms with E-state index >= 15 is 0 Å². The zero-order valence-electron chi connectivity index (χ0n) is 10.1. The Morgan fingerprint density at radius 1 is 1.39 bits per heavy atom. The molecule has 1 unspecified atom stereocenters. The van der Waals surface area contributed by atoms with Gasteiger partial charge in [-0.1, -0.05) is 15.9 Å². The summed E-state index contributed by atoms with van der Waals surface area (Å²) in [4.78, 5) is 0. The van der Waals surface area contributed by atoms with Gasteiger partial charge in [0.1, 0.15) is 0 Å². The lowest BCUT2D eigenvalue weighted by molar-refractivity contribution is 0.547. The molecule has 2 rings (SSSR count). The lowest BCUT2D eigenvalue weighted by atomic mass is 10.0. The molecule has 0 bridgehead atoms.